The summed E-state index contributed by atoms with van der Waals surface area (Å²) in [6, 6.07) is 11.5. The third-order valence-corrected chi connectivity index (χ3v) is 8.97. The zero-order valence-corrected chi connectivity index (χ0v) is 26.6. The summed E-state index contributed by atoms with van der Waals surface area (Å²) < 4.78 is 2.45. The van der Waals surface area contributed by atoms with Crippen molar-refractivity contribution < 1.29 is 4.57 Å². The number of hydrogen-bond donors (Lipinski definition) is 0. The van der Waals surface area contributed by atoms with Crippen molar-refractivity contribution in [3.8, 4) is 0 Å². The number of rotatable bonds is 21. The fraction of sp³-hybridized carbons (Fsp3) is 0.658. The van der Waals surface area contributed by atoms with Gasteiger partial charge in [0.1, 0.15) is 6.54 Å². The Bertz CT molecular complexity index is 954. The van der Waals surface area contributed by atoms with E-state index in [0.29, 0.717) is 0 Å². The molecule has 1 aliphatic rings. The predicted molar refractivity (Wildman–Crippen MR) is 177 cm³/mol. The van der Waals surface area contributed by atoms with Crippen LogP contribution in [0.3, 0.4) is 0 Å². The normalized spacial score (nSPS) is 14.0. The average Bonchev–Trinajstić information content (AvgIpc) is 2.98. The van der Waals surface area contributed by atoms with E-state index < -0.39 is 0 Å². The number of aromatic nitrogens is 1. The molecule has 3 rings (SSSR count). The van der Waals surface area contributed by atoms with Crippen LogP contribution in [-0.2, 0) is 13.0 Å². The maximum Gasteiger partial charge on any atom is 0.172 e. The van der Waals surface area contributed by atoms with E-state index in [1.807, 2.05) is 0 Å². The molecule has 1 aromatic heterocycles. The Morgan fingerprint density at radius 1 is 0.650 bits per heavy atom. The summed E-state index contributed by atoms with van der Waals surface area (Å²) in [6.45, 7) is 10.0. The molecule has 2 aromatic rings. The van der Waals surface area contributed by atoms with Gasteiger partial charge in [0, 0.05) is 36.8 Å². The highest BCUT2D eigenvalue weighted by Gasteiger charge is 2.17. The van der Waals surface area contributed by atoms with Crippen LogP contribution in [0.15, 0.2) is 42.7 Å². The van der Waals surface area contributed by atoms with Crippen LogP contribution in [0.4, 0.5) is 5.69 Å². The monoisotopic (exact) mass is 545 g/mol. The fourth-order valence-corrected chi connectivity index (χ4v) is 6.41. The molecule has 0 fully saturated rings. The molecule has 0 atom stereocenters. The quantitative estimate of drug-likeness (QED) is 0.112. The van der Waals surface area contributed by atoms with Crippen LogP contribution in [0, 0.1) is 0 Å². The topological polar surface area (TPSA) is 7.12 Å². The lowest BCUT2D eigenvalue weighted by atomic mass is 9.87. The number of benzene rings is 1. The molecular formula is C38H61N2+. The van der Waals surface area contributed by atoms with Gasteiger partial charge in [-0.25, -0.2) is 4.57 Å². The standard InChI is InChI=1S/C38H61N2/c1-4-7-8-9-10-11-12-13-14-15-16-17-18-19-20-21-30-39-31-29-38-35(23-22-24-36(38)33-39)32-34-25-27-37(28-26-34)40(5-2)6-3/h25-29,31-33H,4-24,30H2,1-3H3/q+1. The van der Waals surface area contributed by atoms with Crippen molar-refractivity contribution in [2.45, 2.75) is 149 Å². The Morgan fingerprint density at radius 3 is 1.75 bits per heavy atom. The third kappa shape index (κ3) is 11.8. The van der Waals surface area contributed by atoms with Gasteiger partial charge in [-0.1, -0.05) is 115 Å². The maximum atomic E-state index is 2.45. The minimum absolute atomic E-state index is 1.06. The highest BCUT2D eigenvalue weighted by Crippen LogP contribution is 2.31. The van der Waals surface area contributed by atoms with Gasteiger partial charge in [0.15, 0.2) is 12.4 Å². The van der Waals surface area contributed by atoms with Gasteiger partial charge in [-0.2, -0.15) is 0 Å². The summed E-state index contributed by atoms with van der Waals surface area (Å²) in [7, 11) is 0. The Morgan fingerprint density at radius 2 is 1.20 bits per heavy atom. The lowest BCUT2D eigenvalue weighted by Crippen LogP contribution is -2.34. The van der Waals surface area contributed by atoms with E-state index in [9.17, 15) is 0 Å². The first-order chi connectivity index (χ1) is 19.7. The summed E-state index contributed by atoms with van der Waals surface area (Å²) in [5.74, 6) is 0. The number of fused-ring (bicyclic) bond motifs is 1. The number of nitrogens with zero attached hydrogens (tertiary/aromatic N) is 2. The second-order valence-electron chi connectivity index (χ2n) is 12.2. The van der Waals surface area contributed by atoms with Gasteiger partial charge in [-0.15, -0.1) is 0 Å². The minimum atomic E-state index is 1.06. The van der Waals surface area contributed by atoms with E-state index in [0.717, 1.165) is 19.6 Å². The van der Waals surface area contributed by atoms with E-state index in [-0.39, 0.29) is 0 Å². The molecule has 0 spiro atoms. The van der Waals surface area contributed by atoms with E-state index in [2.05, 4.69) is 79.0 Å². The van der Waals surface area contributed by atoms with Crippen LogP contribution in [0.25, 0.3) is 11.6 Å². The Kier molecular flexibility index (Phi) is 16.1. The molecule has 2 heteroatoms. The van der Waals surface area contributed by atoms with Gasteiger partial charge in [0.25, 0.3) is 0 Å². The molecule has 1 aromatic carbocycles. The van der Waals surface area contributed by atoms with Gasteiger partial charge in [0.05, 0.1) is 0 Å². The van der Waals surface area contributed by atoms with Crippen molar-refractivity contribution in [2.24, 2.45) is 0 Å². The zero-order chi connectivity index (χ0) is 28.3. The first-order valence-corrected chi connectivity index (χ1v) is 17.3. The molecule has 40 heavy (non-hydrogen) atoms. The van der Waals surface area contributed by atoms with Crippen LogP contribution < -0.4 is 9.47 Å². The smallest absolute Gasteiger partial charge is 0.172 e. The van der Waals surface area contributed by atoms with Crippen LogP contribution >= 0.6 is 0 Å². The van der Waals surface area contributed by atoms with Crippen molar-refractivity contribution >= 4 is 17.3 Å². The fourth-order valence-electron chi connectivity index (χ4n) is 6.41. The number of aryl methyl sites for hydroxylation is 2. The molecule has 222 valence electrons. The lowest BCUT2D eigenvalue weighted by molar-refractivity contribution is -0.697. The third-order valence-electron chi connectivity index (χ3n) is 8.97. The molecule has 0 saturated carbocycles. The maximum absolute atomic E-state index is 2.45. The molecule has 0 N–H and O–H groups in total. The summed E-state index contributed by atoms with van der Waals surface area (Å²) in [5.41, 5.74) is 7.17. The van der Waals surface area contributed by atoms with Gasteiger partial charge < -0.3 is 4.90 Å². The van der Waals surface area contributed by atoms with Crippen LogP contribution in [0.2, 0.25) is 0 Å². The molecule has 0 saturated heterocycles. The molecule has 0 radical (unpaired) electrons. The van der Waals surface area contributed by atoms with E-state index in [1.165, 1.54) is 150 Å². The highest BCUT2D eigenvalue weighted by molar-refractivity contribution is 5.83. The molecule has 0 amide bonds. The van der Waals surface area contributed by atoms with Gasteiger partial charge in [0.2, 0.25) is 0 Å². The van der Waals surface area contributed by atoms with E-state index in [1.54, 1.807) is 0 Å². The van der Waals surface area contributed by atoms with Crippen molar-refractivity contribution in [1.82, 2.24) is 0 Å². The zero-order valence-electron chi connectivity index (χ0n) is 26.6. The highest BCUT2D eigenvalue weighted by atomic mass is 15.1. The first kappa shape index (κ1) is 32.4. The average molecular weight is 546 g/mol. The molecule has 0 aliphatic heterocycles. The predicted octanol–water partition coefficient (Wildman–Crippen LogP) is 11.0. The van der Waals surface area contributed by atoms with E-state index in [4.69, 9.17) is 0 Å². The molecule has 1 aliphatic carbocycles. The second-order valence-corrected chi connectivity index (χ2v) is 12.2. The van der Waals surface area contributed by atoms with Crippen molar-refractivity contribution in [2.75, 3.05) is 18.0 Å². The van der Waals surface area contributed by atoms with Crippen molar-refractivity contribution in [3.63, 3.8) is 0 Å². The summed E-state index contributed by atoms with van der Waals surface area (Å²) >= 11 is 0. The van der Waals surface area contributed by atoms with Gasteiger partial charge in [-0.3, -0.25) is 0 Å². The first-order valence-electron chi connectivity index (χ1n) is 17.3. The van der Waals surface area contributed by atoms with Crippen molar-refractivity contribution in [3.05, 3.63) is 59.4 Å². The molecule has 0 bridgehead atoms. The van der Waals surface area contributed by atoms with E-state index >= 15 is 0 Å². The summed E-state index contributed by atoms with van der Waals surface area (Å²) in [5, 5.41) is 0. The second kappa shape index (κ2) is 19.9. The van der Waals surface area contributed by atoms with Crippen LogP contribution in [0.1, 0.15) is 153 Å². The number of unbranched alkanes of at least 4 members (excludes halogenated alkanes) is 15. The number of allylic oxidation sites excluding steroid dienone is 1. The number of pyridine rings is 1. The minimum Gasteiger partial charge on any atom is -0.372 e. The Labute approximate surface area is 248 Å². The van der Waals surface area contributed by atoms with Gasteiger partial charge >= 0.3 is 0 Å². The van der Waals surface area contributed by atoms with Crippen LogP contribution in [-0.4, -0.2) is 13.1 Å². The lowest BCUT2D eigenvalue weighted by Gasteiger charge is -2.21. The molecular weight excluding hydrogens is 484 g/mol. The van der Waals surface area contributed by atoms with Crippen molar-refractivity contribution in [1.29, 1.82) is 0 Å². The summed E-state index contributed by atoms with van der Waals surface area (Å²) in [6.07, 6.45) is 33.8. The Balaban J connectivity index is 1.29. The largest absolute Gasteiger partial charge is 0.372 e. The molecule has 2 nitrogen and oxygen atoms in total. The molecule has 0 unspecified atom stereocenters. The summed E-state index contributed by atoms with van der Waals surface area (Å²) in [4.78, 5) is 2.41. The van der Waals surface area contributed by atoms with Crippen LogP contribution in [0.5, 0.6) is 0 Å². The van der Waals surface area contributed by atoms with Gasteiger partial charge in [-0.05, 0) is 68.4 Å². The molecule has 1 heterocycles. The number of anilines is 1. The SMILES string of the molecule is CCCCCCCCCCCCCCCCCC[n+]1ccc2c(c1)CCCC2=Cc1ccc(N(CC)CC)cc1. The Hall–Kier alpha value is -2.09. The number of hydrogen-bond acceptors (Lipinski definition) is 1.